The number of nitrogens with zero attached hydrogens (tertiary/aromatic N) is 1. The van der Waals surface area contributed by atoms with E-state index in [4.69, 9.17) is 16.3 Å². The predicted octanol–water partition coefficient (Wildman–Crippen LogP) is 1.82. The van der Waals surface area contributed by atoms with Crippen LogP contribution in [-0.4, -0.2) is 55.5 Å². The molecule has 7 heteroatoms. The largest absolute Gasteiger partial charge is 0.477 e. The van der Waals surface area contributed by atoms with Gasteiger partial charge in [0, 0.05) is 44.4 Å². The molecule has 1 aromatic carbocycles. The van der Waals surface area contributed by atoms with E-state index in [2.05, 4.69) is 10.6 Å². The van der Waals surface area contributed by atoms with Crippen LogP contribution in [0.15, 0.2) is 24.3 Å². The molecule has 0 aromatic heterocycles. The third kappa shape index (κ3) is 4.86. The van der Waals surface area contributed by atoms with Gasteiger partial charge in [0.05, 0.1) is 0 Å². The first-order valence-electron chi connectivity index (χ1n) is 8.51. The molecule has 1 saturated heterocycles. The lowest BCUT2D eigenvalue weighted by Gasteiger charge is -2.40. The molecular weight excluding hydrogens is 342 g/mol. The van der Waals surface area contributed by atoms with Crippen molar-refractivity contribution in [3.05, 3.63) is 29.3 Å². The maximum atomic E-state index is 13.2. The minimum absolute atomic E-state index is 0.0925. The quantitative estimate of drug-likeness (QED) is 0.804. The molecule has 6 nitrogen and oxygen atoms in total. The highest BCUT2D eigenvalue weighted by Crippen LogP contribution is 2.30. The molecule has 1 aromatic rings. The Morgan fingerprint density at radius 3 is 2.48 bits per heavy atom. The highest BCUT2D eigenvalue weighted by molar-refractivity contribution is 6.30. The number of piperidine rings is 1. The normalized spacial score (nSPS) is 17.4. The van der Waals surface area contributed by atoms with E-state index in [9.17, 15) is 9.59 Å². The van der Waals surface area contributed by atoms with Crippen molar-refractivity contribution in [1.29, 1.82) is 0 Å². The van der Waals surface area contributed by atoms with E-state index < -0.39 is 5.60 Å². The highest BCUT2D eigenvalue weighted by atomic mass is 35.5. The Balaban J connectivity index is 2.18. The van der Waals surface area contributed by atoms with E-state index in [1.807, 2.05) is 6.92 Å². The van der Waals surface area contributed by atoms with Gasteiger partial charge in [0.1, 0.15) is 5.75 Å². The second-order valence-electron chi connectivity index (χ2n) is 6.44. The number of ether oxygens (including phenoxy) is 1. The third-order valence-corrected chi connectivity index (χ3v) is 4.92. The predicted molar refractivity (Wildman–Crippen MR) is 97.8 cm³/mol. The van der Waals surface area contributed by atoms with Crippen LogP contribution in [0, 0.1) is 0 Å². The van der Waals surface area contributed by atoms with Crippen LogP contribution in [0.1, 0.15) is 26.2 Å². The minimum atomic E-state index is -0.926. The van der Waals surface area contributed by atoms with Gasteiger partial charge in [0.2, 0.25) is 5.91 Å². The zero-order valence-corrected chi connectivity index (χ0v) is 15.7. The first-order chi connectivity index (χ1) is 11.9. The van der Waals surface area contributed by atoms with Crippen molar-refractivity contribution in [2.24, 2.45) is 0 Å². The first kappa shape index (κ1) is 19.5. The second-order valence-corrected chi connectivity index (χ2v) is 6.88. The molecule has 0 saturated carbocycles. The zero-order valence-electron chi connectivity index (χ0n) is 15.0. The van der Waals surface area contributed by atoms with Gasteiger partial charge in [-0.2, -0.15) is 0 Å². The van der Waals surface area contributed by atoms with E-state index in [1.165, 1.54) is 0 Å². The van der Waals surface area contributed by atoms with Crippen molar-refractivity contribution in [2.75, 3.05) is 27.2 Å². The fraction of sp³-hybridized carbons (Fsp3) is 0.556. The molecule has 1 aliphatic rings. The molecule has 0 unspecified atom stereocenters. The molecule has 25 heavy (non-hydrogen) atoms. The van der Waals surface area contributed by atoms with Gasteiger partial charge in [-0.3, -0.25) is 9.59 Å². The molecule has 0 radical (unpaired) electrons. The maximum Gasteiger partial charge on any atom is 0.266 e. The number of hydrogen-bond acceptors (Lipinski definition) is 4. The Morgan fingerprint density at radius 2 is 1.92 bits per heavy atom. The van der Waals surface area contributed by atoms with Gasteiger partial charge in [-0.05, 0) is 44.3 Å². The topological polar surface area (TPSA) is 70.7 Å². The SMILES string of the molecule is CNC(=O)C[C@@H](C)N(C)C(=O)C1(Oc2ccc(Cl)cc2)CCNCC1. The Bertz CT molecular complexity index is 600. The number of carbonyl (C=O) groups excluding carboxylic acids is 2. The summed E-state index contributed by atoms with van der Waals surface area (Å²) in [7, 11) is 3.32. The molecule has 2 N–H and O–H groups in total. The number of amides is 2. The van der Waals surface area contributed by atoms with Gasteiger partial charge < -0.3 is 20.3 Å². The monoisotopic (exact) mass is 367 g/mol. The van der Waals surface area contributed by atoms with E-state index in [0.29, 0.717) is 36.7 Å². The van der Waals surface area contributed by atoms with Gasteiger partial charge in [-0.15, -0.1) is 0 Å². The summed E-state index contributed by atoms with van der Waals surface area (Å²) in [5.74, 6) is 0.428. The molecule has 0 aliphatic carbocycles. The molecule has 0 bridgehead atoms. The average molecular weight is 368 g/mol. The van der Waals surface area contributed by atoms with Crippen LogP contribution in [0.3, 0.4) is 0 Å². The molecule has 1 aliphatic heterocycles. The second kappa shape index (κ2) is 8.54. The van der Waals surface area contributed by atoms with Crippen LogP contribution in [0.5, 0.6) is 5.75 Å². The lowest BCUT2D eigenvalue weighted by atomic mass is 9.89. The third-order valence-electron chi connectivity index (χ3n) is 4.67. The van der Waals surface area contributed by atoms with E-state index >= 15 is 0 Å². The summed E-state index contributed by atoms with van der Waals surface area (Å²) in [6, 6.07) is 6.82. The highest BCUT2D eigenvalue weighted by Gasteiger charge is 2.44. The average Bonchev–Trinajstić information content (AvgIpc) is 2.63. The van der Waals surface area contributed by atoms with Crippen molar-refractivity contribution in [1.82, 2.24) is 15.5 Å². The van der Waals surface area contributed by atoms with Gasteiger partial charge >= 0.3 is 0 Å². The summed E-state index contributed by atoms with van der Waals surface area (Å²) in [5, 5.41) is 6.48. The lowest BCUT2D eigenvalue weighted by Crippen LogP contribution is -2.58. The van der Waals surface area contributed by atoms with E-state index in [0.717, 1.165) is 0 Å². The minimum Gasteiger partial charge on any atom is -0.477 e. The molecule has 138 valence electrons. The van der Waals surface area contributed by atoms with Gasteiger partial charge in [-0.1, -0.05) is 11.6 Å². The number of benzene rings is 1. The van der Waals surface area contributed by atoms with Gasteiger partial charge in [0.25, 0.3) is 5.91 Å². The van der Waals surface area contributed by atoms with Crippen molar-refractivity contribution >= 4 is 23.4 Å². The van der Waals surface area contributed by atoms with Gasteiger partial charge in [-0.25, -0.2) is 0 Å². The number of rotatable bonds is 6. The molecular formula is C18H26ClN3O3. The van der Waals surface area contributed by atoms with Crippen LogP contribution in [0.4, 0.5) is 0 Å². The van der Waals surface area contributed by atoms with Crippen molar-refractivity contribution in [3.8, 4) is 5.75 Å². The lowest BCUT2D eigenvalue weighted by molar-refractivity contribution is -0.151. The van der Waals surface area contributed by atoms with Gasteiger partial charge in [0.15, 0.2) is 5.60 Å². The number of halogens is 1. The molecule has 1 heterocycles. The summed E-state index contributed by atoms with van der Waals surface area (Å²) < 4.78 is 6.17. The Labute approximate surface area is 153 Å². The number of likely N-dealkylation sites (N-methyl/N-ethyl adjacent to an activating group) is 1. The van der Waals surface area contributed by atoms with Crippen molar-refractivity contribution < 1.29 is 14.3 Å². The summed E-state index contributed by atoms with van der Waals surface area (Å²) in [4.78, 5) is 26.5. The number of nitrogens with one attached hydrogen (secondary N) is 2. The van der Waals surface area contributed by atoms with Crippen molar-refractivity contribution in [2.45, 2.75) is 37.8 Å². The summed E-state index contributed by atoms with van der Waals surface area (Å²) in [6.07, 6.45) is 1.41. The molecule has 2 amide bonds. The molecule has 1 atom stereocenters. The Morgan fingerprint density at radius 1 is 1.32 bits per heavy atom. The fourth-order valence-corrected chi connectivity index (χ4v) is 3.07. The smallest absolute Gasteiger partial charge is 0.266 e. The zero-order chi connectivity index (χ0) is 18.4. The number of carbonyl (C=O) groups is 2. The maximum absolute atomic E-state index is 13.2. The van der Waals surface area contributed by atoms with Crippen LogP contribution >= 0.6 is 11.6 Å². The Hall–Kier alpha value is -1.79. The van der Waals surface area contributed by atoms with Crippen LogP contribution in [-0.2, 0) is 9.59 Å². The molecule has 0 spiro atoms. The van der Waals surface area contributed by atoms with E-state index in [1.54, 1.807) is 43.3 Å². The van der Waals surface area contributed by atoms with Crippen LogP contribution < -0.4 is 15.4 Å². The van der Waals surface area contributed by atoms with Crippen LogP contribution in [0.25, 0.3) is 0 Å². The molecule has 1 fully saturated rings. The summed E-state index contributed by atoms with van der Waals surface area (Å²) >= 11 is 5.93. The van der Waals surface area contributed by atoms with Crippen LogP contribution in [0.2, 0.25) is 5.02 Å². The fourth-order valence-electron chi connectivity index (χ4n) is 2.95. The Kier molecular flexibility index (Phi) is 6.67. The molecule has 2 rings (SSSR count). The summed E-state index contributed by atoms with van der Waals surface area (Å²) in [5.41, 5.74) is -0.926. The summed E-state index contributed by atoms with van der Waals surface area (Å²) in [6.45, 7) is 3.28. The number of hydrogen-bond donors (Lipinski definition) is 2. The first-order valence-corrected chi connectivity index (χ1v) is 8.89. The van der Waals surface area contributed by atoms with E-state index in [-0.39, 0.29) is 24.3 Å². The standard InChI is InChI=1S/C18H26ClN3O3/c1-13(12-16(23)20-2)22(3)17(24)18(8-10-21-11-9-18)25-15-6-4-14(19)5-7-15/h4-7,13,21H,8-12H2,1-3H3,(H,20,23)/t13-/m1/s1. The van der Waals surface area contributed by atoms with Crippen molar-refractivity contribution in [3.63, 3.8) is 0 Å².